The summed E-state index contributed by atoms with van der Waals surface area (Å²) in [5, 5.41) is 13.5. The van der Waals surface area contributed by atoms with Gasteiger partial charge < -0.3 is 10.4 Å². The first-order chi connectivity index (χ1) is 8.60. The van der Waals surface area contributed by atoms with E-state index in [2.05, 4.69) is 19.2 Å². The Labute approximate surface area is 113 Å². The van der Waals surface area contributed by atoms with Gasteiger partial charge in [0.25, 0.3) is 0 Å². The first-order valence-electron chi connectivity index (χ1n) is 8.01. The second-order valence-corrected chi connectivity index (χ2v) is 7.17. The predicted molar refractivity (Wildman–Crippen MR) is 76.6 cm³/mol. The van der Waals surface area contributed by atoms with Gasteiger partial charge in [0.15, 0.2) is 0 Å². The Kier molecular flexibility index (Phi) is 5.08. The van der Waals surface area contributed by atoms with Crippen LogP contribution in [0.5, 0.6) is 0 Å². The molecule has 1 unspecified atom stereocenters. The molecule has 106 valence electrons. The smallest absolute Gasteiger partial charge is 0.0667 e. The number of rotatable bonds is 5. The Hall–Kier alpha value is -0.0800. The molecule has 2 saturated carbocycles. The molecule has 2 heteroatoms. The molecule has 0 saturated heterocycles. The van der Waals surface area contributed by atoms with Gasteiger partial charge in [0.1, 0.15) is 0 Å². The third kappa shape index (κ3) is 3.96. The standard InChI is InChI=1S/C16H31NO/c1-13(2)11-15(18)12-17-14-5-9-16(10-6-14)7-3-4-8-16/h13-15,17-18H,3-12H2,1-2H3. The van der Waals surface area contributed by atoms with Crippen molar-refractivity contribution in [2.75, 3.05) is 6.54 Å². The fourth-order valence-electron chi connectivity index (χ4n) is 3.99. The van der Waals surface area contributed by atoms with Gasteiger partial charge in [-0.1, -0.05) is 26.7 Å². The molecule has 2 nitrogen and oxygen atoms in total. The highest BCUT2D eigenvalue weighted by molar-refractivity contribution is 4.91. The summed E-state index contributed by atoms with van der Waals surface area (Å²) >= 11 is 0. The Balaban J connectivity index is 1.64. The van der Waals surface area contributed by atoms with E-state index in [-0.39, 0.29) is 6.10 Å². The number of hydrogen-bond acceptors (Lipinski definition) is 2. The Bertz CT molecular complexity index is 235. The molecule has 1 atom stereocenters. The van der Waals surface area contributed by atoms with Crippen molar-refractivity contribution in [3.05, 3.63) is 0 Å². The molecular formula is C16H31NO. The molecule has 0 aromatic carbocycles. The van der Waals surface area contributed by atoms with Crippen molar-refractivity contribution < 1.29 is 5.11 Å². The molecule has 0 bridgehead atoms. The maximum Gasteiger partial charge on any atom is 0.0667 e. The zero-order chi connectivity index (χ0) is 13.0. The summed E-state index contributed by atoms with van der Waals surface area (Å²) in [7, 11) is 0. The predicted octanol–water partition coefficient (Wildman–Crippen LogP) is 3.49. The van der Waals surface area contributed by atoms with E-state index in [1.807, 2.05) is 0 Å². The first kappa shape index (κ1) is 14.3. The van der Waals surface area contributed by atoms with Crippen LogP contribution < -0.4 is 5.32 Å². The van der Waals surface area contributed by atoms with Gasteiger partial charge in [-0.3, -0.25) is 0 Å². The maximum absolute atomic E-state index is 9.89. The van der Waals surface area contributed by atoms with Crippen LogP contribution >= 0.6 is 0 Å². The average Bonchev–Trinajstić information content (AvgIpc) is 2.76. The quantitative estimate of drug-likeness (QED) is 0.786. The average molecular weight is 253 g/mol. The molecule has 0 aromatic heterocycles. The van der Waals surface area contributed by atoms with Crippen LogP contribution in [0.25, 0.3) is 0 Å². The Morgan fingerprint density at radius 3 is 2.28 bits per heavy atom. The number of aliphatic hydroxyl groups excluding tert-OH is 1. The van der Waals surface area contributed by atoms with E-state index in [0.29, 0.717) is 12.0 Å². The van der Waals surface area contributed by atoms with Gasteiger partial charge in [-0.25, -0.2) is 0 Å². The summed E-state index contributed by atoms with van der Waals surface area (Å²) in [6, 6.07) is 0.665. The molecule has 2 N–H and O–H groups in total. The fraction of sp³-hybridized carbons (Fsp3) is 1.00. The van der Waals surface area contributed by atoms with Crippen molar-refractivity contribution in [2.45, 2.75) is 83.8 Å². The van der Waals surface area contributed by atoms with Crippen LogP contribution in [-0.4, -0.2) is 23.8 Å². The van der Waals surface area contributed by atoms with Crippen molar-refractivity contribution in [3.63, 3.8) is 0 Å². The zero-order valence-corrected chi connectivity index (χ0v) is 12.3. The third-order valence-electron chi connectivity index (χ3n) is 5.10. The summed E-state index contributed by atoms with van der Waals surface area (Å²) in [6.07, 6.45) is 12.1. The van der Waals surface area contributed by atoms with E-state index in [0.717, 1.165) is 18.4 Å². The zero-order valence-electron chi connectivity index (χ0n) is 12.3. The second-order valence-electron chi connectivity index (χ2n) is 7.17. The lowest BCUT2D eigenvalue weighted by atomic mass is 9.71. The molecule has 2 fully saturated rings. The van der Waals surface area contributed by atoms with Crippen molar-refractivity contribution in [2.24, 2.45) is 11.3 Å². The van der Waals surface area contributed by atoms with Crippen molar-refractivity contribution >= 4 is 0 Å². The highest BCUT2D eigenvalue weighted by atomic mass is 16.3. The molecular weight excluding hydrogens is 222 g/mol. The summed E-state index contributed by atoms with van der Waals surface area (Å²) in [4.78, 5) is 0. The van der Waals surface area contributed by atoms with E-state index in [1.54, 1.807) is 0 Å². The second kappa shape index (κ2) is 6.38. The van der Waals surface area contributed by atoms with Crippen LogP contribution in [0, 0.1) is 11.3 Å². The summed E-state index contributed by atoms with van der Waals surface area (Å²) < 4.78 is 0. The van der Waals surface area contributed by atoms with Crippen LogP contribution in [0.15, 0.2) is 0 Å². The molecule has 0 aromatic rings. The number of aliphatic hydroxyl groups is 1. The van der Waals surface area contributed by atoms with Crippen LogP contribution in [0.2, 0.25) is 0 Å². The molecule has 1 spiro atoms. The minimum atomic E-state index is -0.160. The van der Waals surface area contributed by atoms with Gasteiger partial charge >= 0.3 is 0 Å². The lowest BCUT2D eigenvalue weighted by Crippen LogP contribution is -2.40. The first-order valence-corrected chi connectivity index (χ1v) is 8.01. The monoisotopic (exact) mass is 253 g/mol. The summed E-state index contributed by atoms with van der Waals surface area (Å²) in [5.74, 6) is 0.593. The van der Waals surface area contributed by atoms with E-state index >= 15 is 0 Å². The van der Waals surface area contributed by atoms with Gasteiger partial charge in [0.05, 0.1) is 6.10 Å². The molecule has 0 aliphatic heterocycles. The van der Waals surface area contributed by atoms with Crippen molar-refractivity contribution in [1.82, 2.24) is 5.32 Å². The fourth-order valence-corrected chi connectivity index (χ4v) is 3.99. The number of nitrogens with one attached hydrogen (secondary N) is 1. The normalized spacial score (nSPS) is 26.0. The molecule has 18 heavy (non-hydrogen) atoms. The highest BCUT2D eigenvalue weighted by Gasteiger charge is 2.37. The minimum Gasteiger partial charge on any atom is -0.392 e. The summed E-state index contributed by atoms with van der Waals surface area (Å²) in [5.41, 5.74) is 0.731. The van der Waals surface area contributed by atoms with Gasteiger partial charge in [-0.2, -0.15) is 0 Å². The minimum absolute atomic E-state index is 0.160. The van der Waals surface area contributed by atoms with E-state index in [1.165, 1.54) is 51.4 Å². The molecule has 0 radical (unpaired) electrons. The topological polar surface area (TPSA) is 32.3 Å². The lowest BCUT2D eigenvalue weighted by Gasteiger charge is -2.38. The highest BCUT2D eigenvalue weighted by Crippen LogP contribution is 2.48. The van der Waals surface area contributed by atoms with E-state index in [4.69, 9.17) is 0 Å². The van der Waals surface area contributed by atoms with Crippen LogP contribution in [0.1, 0.15) is 71.6 Å². The van der Waals surface area contributed by atoms with E-state index in [9.17, 15) is 5.11 Å². The van der Waals surface area contributed by atoms with Crippen molar-refractivity contribution in [3.8, 4) is 0 Å². The largest absolute Gasteiger partial charge is 0.392 e. The van der Waals surface area contributed by atoms with Gasteiger partial charge in [0, 0.05) is 12.6 Å². The van der Waals surface area contributed by atoms with Gasteiger partial charge in [-0.05, 0) is 56.3 Å². The maximum atomic E-state index is 9.89. The van der Waals surface area contributed by atoms with Gasteiger partial charge in [-0.15, -0.1) is 0 Å². The Morgan fingerprint density at radius 1 is 1.11 bits per heavy atom. The molecule has 0 heterocycles. The van der Waals surface area contributed by atoms with Gasteiger partial charge in [0.2, 0.25) is 0 Å². The molecule has 2 rings (SSSR count). The van der Waals surface area contributed by atoms with Crippen LogP contribution in [0.3, 0.4) is 0 Å². The molecule has 2 aliphatic carbocycles. The summed E-state index contributed by atoms with van der Waals surface area (Å²) in [6.45, 7) is 5.14. The number of hydrogen-bond donors (Lipinski definition) is 2. The van der Waals surface area contributed by atoms with E-state index < -0.39 is 0 Å². The SMILES string of the molecule is CC(C)CC(O)CNC1CCC2(CCCC2)CC1. The van der Waals surface area contributed by atoms with Crippen LogP contribution in [0.4, 0.5) is 0 Å². The lowest BCUT2D eigenvalue weighted by molar-refractivity contribution is 0.125. The van der Waals surface area contributed by atoms with Crippen LogP contribution in [-0.2, 0) is 0 Å². The third-order valence-corrected chi connectivity index (χ3v) is 5.10. The molecule has 2 aliphatic rings. The Morgan fingerprint density at radius 2 is 1.72 bits per heavy atom. The molecule has 0 amide bonds. The van der Waals surface area contributed by atoms with Crippen molar-refractivity contribution in [1.29, 1.82) is 0 Å².